The molecule has 3 rings (SSSR count). The summed E-state index contributed by atoms with van der Waals surface area (Å²) in [4.78, 5) is 28.1. The summed E-state index contributed by atoms with van der Waals surface area (Å²) in [6.07, 6.45) is -0.622. The van der Waals surface area contributed by atoms with Gasteiger partial charge in [0.2, 0.25) is 5.91 Å². The van der Waals surface area contributed by atoms with Gasteiger partial charge in [0.25, 0.3) is 0 Å². The number of anilines is 1. The number of nitrogens with one attached hydrogen (secondary N) is 1. The van der Waals surface area contributed by atoms with Crippen molar-refractivity contribution in [2.45, 2.75) is 45.0 Å². The molecule has 1 atom stereocenters. The summed E-state index contributed by atoms with van der Waals surface area (Å²) in [5.74, 6) is -1.79. The van der Waals surface area contributed by atoms with Crippen LogP contribution in [0.2, 0.25) is 0 Å². The fourth-order valence-corrected chi connectivity index (χ4v) is 4.45. The van der Waals surface area contributed by atoms with Crippen LogP contribution in [-0.2, 0) is 27.3 Å². The van der Waals surface area contributed by atoms with Crippen LogP contribution >= 0.6 is 23.1 Å². The molecule has 0 aliphatic carbocycles. The fraction of sp³-hybridized carbons (Fsp3) is 0.381. The van der Waals surface area contributed by atoms with Crippen LogP contribution in [0.1, 0.15) is 38.4 Å². The molecular weight excluding hydrogens is 488 g/mol. The minimum atomic E-state index is -0.812. The first kappa shape index (κ1) is 25.6. The van der Waals surface area contributed by atoms with Crippen LogP contribution in [0.5, 0.6) is 5.75 Å². The van der Waals surface area contributed by atoms with Crippen LogP contribution in [-0.4, -0.2) is 44.0 Å². The van der Waals surface area contributed by atoms with E-state index in [9.17, 15) is 18.4 Å². The fourth-order valence-electron chi connectivity index (χ4n) is 2.91. The van der Waals surface area contributed by atoms with E-state index in [1.807, 2.05) is 6.92 Å². The van der Waals surface area contributed by atoms with Crippen LogP contribution in [0.4, 0.5) is 13.9 Å². The van der Waals surface area contributed by atoms with E-state index in [0.717, 1.165) is 12.1 Å². The largest absolute Gasteiger partial charge is 0.480 e. The minimum Gasteiger partial charge on any atom is -0.480 e. The first-order valence-corrected chi connectivity index (χ1v) is 12.2. The van der Waals surface area contributed by atoms with Crippen molar-refractivity contribution < 1.29 is 27.8 Å². The van der Waals surface area contributed by atoms with E-state index in [4.69, 9.17) is 9.47 Å². The van der Waals surface area contributed by atoms with E-state index < -0.39 is 17.7 Å². The quantitative estimate of drug-likeness (QED) is 0.304. The van der Waals surface area contributed by atoms with Crippen molar-refractivity contribution in [1.29, 1.82) is 0 Å². The highest BCUT2D eigenvalue weighted by Crippen LogP contribution is 2.27. The molecule has 9 nitrogen and oxygen atoms in total. The van der Waals surface area contributed by atoms with Gasteiger partial charge < -0.3 is 19.4 Å². The molecule has 13 heteroatoms. The summed E-state index contributed by atoms with van der Waals surface area (Å²) in [5, 5.41) is 13.5. The maximum Gasteiger partial charge on any atom is 0.311 e. The Bertz CT molecular complexity index is 1150. The van der Waals surface area contributed by atoms with Crippen molar-refractivity contribution in [2.75, 3.05) is 17.7 Å². The number of carbonyl (C=O) groups is 2. The van der Waals surface area contributed by atoms with Gasteiger partial charge >= 0.3 is 5.97 Å². The highest BCUT2D eigenvalue weighted by molar-refractivity contribution is 7.99. The molecule has 0 bridgehead atoms. The van der Waals surface area contributed by atoms with E-state index >= 15 is 0 Å². The Kier molecular flexibility index (Phi) is 8.93. The number of carbonyl (C=O) groups excluding carboxylic acids is 2. The minimum absolute atomic E-state index is 0.0411. The Labute approximate surface area is 202 Å². The molecular formula is C21H23F2N5O4S2. The number of rotatable bonds is 11. The zero-order valence-corrected chi connectivity index (χ0v) is 20.3. The summed E-state index contributed by atoms with van der Waals surface area (Å²) in [5.41, 5.74) is 0.522. The van der Waals surface area contributed by atoms with Crippen molar-refractivity contribution in [3.8, 4) is 5.75 Å². The normalized spacial score (nSPS) is 11.8. The van der Waals surface area contributed by atoms with Gasteiger partial charge in [-0.05, 0) is 32.9 Å². The van der Waals surface area contributed by atoms with E-state index in [2.05, 4.69) is 20.5 Å². The number of thiazole rings is 1. The Hall–Kier alpha value is -3.06. The lowest BCUT2D eigenvalue weighted by molar-refractivity contribution is -0.142. The molecule has 0 aliphatic heterocycles. The number of amides is 1. The maximum absolute atomic E-state index is 13.9. The number of ether oxygens (including phenoxy) is 2. The van der Waals surface area contributed by atoms with Gasteiger partial charge in [-0.1, -0.05) is 11.8 Å². The summed E-state index contributed by atoms with van der Waals surface area (Å²) >= 11 is 2.39. The van der Waals surface area contributed by atoms with Gasteiger partial charge in [0, 0.05) is 18.0 Å². The molecule has 0 spiro atoms. The molecule has 1 aromatic carbocycles. The third-order valence-corrected chi connectivity index (χ3v) is 6.16. The number of halogens is 2. The molecule has 0 radical (unpaired) electrons. The van der Waals surface area contributed by atoms with Crippen molar-refractivity contribution in [1.82, 2.24) is 19.7 Å². The number of hydrogen-bond donors (Lipinski definition) is 1. The lowest BCUT2D eigenvalue weighted by Crippen LogP contribution is -2.15. The zero-order valence-electron chi connectivity index (χ0n) is 18.7. The molecule has 2 aromatic heterocycles. The summed E-state index contributed by atoms with van der Waals surface area (Å²) < 4.78 is 39.3. The topological polar surface area (TPSA) is 108 Å². The van der Waals surface area contributed by atoms with Gasteiger partial charge in [-0.15, -0.1) is 21.5 Å². The van der Waals surface area contributed by atoms with E-state index in [1.54, 1.807) is 23.8 Å². The van der Waals surface area contributed by atoms with Gasteiger partial charge in [-0.3, -0.25) is 9.59 Å². The standard InChI is InChI=1S/C21H23F2N5O4S2/c1-4-28-19(12(3)32-16-7-6-13(22)8-15(16)23)26-27-21(28)34-11-17(29)25-20-24-14(10-33-20)9-18(30)31-5-2/h6-8,10,12H,4-5,9,11H2,1-3H3,(H,24,25,29). The van der Waals surface area contributed by atoms with Gasteiger partial charge in [-0.2, -0.15) is 0 Å². The molecule has 0 saturated carbocycles. The number of benzene rings is 1. The van der Waals surface area contributed by atoms with Crippen molar-refractivity contribution in [3.05, 3.63) is 46.7 Å². The zero-order chi connectivity index (χ0) is 24.7. The number of esters is 1. The van der Waals surface area contributed by atoms with Gasteiger partial charge in [0.15, 0.2) is 33.8 Å². The average molecular weight is 512 g/mol. The maximum atomic E-state index is 13.9. The second-order valence-corrected chi connectivity index (χ2v) is 8.68. The van der Waals surface area contributed by atoms with Crippen LogP contribution in [0.15, 0.2) is 28.7 Å². The smallest absolute Gasteiger partial charge is 0.311 e. The Morgan fingerprint density at radius 1 is 1.26 bits per heavy atom. The number of aromatic nitrogens is 4. The first-order valence-electron chi connectivity index (χ1n) is 10.4. The van der Waals surface area contributed by atoms with Crippen LogP contribution in [0, 0.1) is 11.6 Å². The molecule has 34 heavy (non-hydrogen) atoms. The molecule has 2 heterocycles. The molecule has 0 aliphatic rings. The lowest BCUT2D eigenvalue weighted by atomic mass is 10.3. The number of thioether (sulfide) groups is 1. The Balaban J connectivity index is 1.57. The Morgan fingerprint density at radius 3 is 2.76 bits per heavy atom. The second kappa shape index (κ2) is 11.9. The van der Waals surface area contributed by atoms with Gasteiger partial charge in [0.05, 0.1) is 24.5 Å². The average Bonchev–Trinajstić information content (AvgIpc) is 3.40. The molecule has 3 aromatic rings. The highest BCUT2D eigenvalue weighted by Gasteiger charge is 2.21. The second-order valence-electron chi connectivity index (χ2n) is 6.88. The summed E-state index contributed by atoms with van der Waals surface area (Å²) in [6.45, 7) is 6.07. The van der Waals surface area contributed by atoms with Crippen molar-refractivity contribution >= 4 is 40.1 Å². The summed E-state index contributed by atoms with van der Waals surface area (Å²) in [6, 6.07) is 3.07. The van der Waals surface area contributed by atoms with Crippen LogP contribution < -0.4 is 10.1 Å². The highest BCUT2D eigenvalue weighted by atomic mass is 32.2. The predicted molar refractivity (Wildman–Crippen MR) is 123 cm³/mol. The molecule has 0 fully saturated rings. The van der Waals surface area contributed by atoms with Crippen LogP contribution in [0.25, 0.3) is 0 Å². The Morgan fingerprint density at radius 2 is 2.06 bits per heavy atom. The van der Waals surface area contributed by atoms with Crippen LogP contribution in [0.3, 0.4) is 0 Å². The van der Waals surface area contributed by atoms with E-state index in [1.165, 1.54) is 29.2 Å². The SMILES string of the molecule is CCOC(=O)Cc1csc(NC(=O)CSc2nnc(C(C)Oc3ccc(F)cc3F)n2CC)n1. The summed E-state index contributed by atoms with van der Waals surface area (Å²) in [7, 11) is 0. The van der Waals surface area contributed by atoms with Crippen molar-refractivity contribution in [3.63, 3.8) is 0 Å². The lowest BCUT2D eigenvalue weighted by Gasteiger charge is -2.16. The number of nitrogens with zero attached hydrogens (tertiary/aromatic N) is 4. The number of hydrogen-bond acceptors (Lipinski definition) is 9. The monoisotopic (exact) mass is 511 g/mol. The molecule has 1 N–H and O–H groups in total. The molecule has 1 unspecified atom stereocenters. The first-order chi connectivity index (χ1) is 16.3. The molecule has 182 valence electrons. The molecule has 1 amide bonds. The van der Waals surface area contributed by atoms with Gasteiger partial charge in [0.1, 0.15) is 5.82 Å². The van der Waals surface area contributed by atoms with Crippen molar-refractivity contribution in [2.24, 2.45) is 0 Å². The predicted octanol–water partition coefficient (Wildman–Crippen LogP) is 4.01. The van der Waals surface area contributed by atoms with E-state index in [-0.39, 0.29) is 29.8 Å². The van der Waals surface area contributed by atoms with E-state index in [0.29, 0.717) is 35.0 Å². The third kappa shape index (κ3) is 6.73. The van der Waals surface area contributed by atoms with Gasteiger partial charge in [-0.25, -0.2) is 13.8 Å². The molecule has 0 saturated heterocycles. The third-order valence-electron chi connectivity index (χ3n) is 4.38.